The van der Waals surface area contributed by atoms with Gasteiger partial charge in [-0.05, 0) is 6.07 Å². The summed E-state index contributed by atoms with van der Waals surface area (Å²) in [5, 5.41) is 17.5. The summed E-state index contributed by atoms with van der Waals surface area (Å²) in [6.45, 7) is -0.311. The fraction of sp³-hybridized carbons (Fsp3) is 0.250. The van der Waals surface area contributed by atoms with Crippen molar-refractivity contribution < 1.29 is 15.0 Å². The highest BCUT2D eigenvalue weighted by molar-refractivity contribution is 5.87. The number of carboxylic acids is 1. The topological polar surface area (TPSA) is 122 Å². The van der Waals surface area contributed by atoms with Gasteiger partial charge in [-0.25, -0.2) is 9.78 Å². The maximum absolute atomic E-state index is 10.6. The molecule has 0 aliphatic carbocycles. The average molecular weight is 197 g/mol. The normalized spacial score (nSPS) is 12.4. The van der Waals surface area contributed by atoms with Gasteiger partial charge in [0.15, 0.2) is 0 Å². The molecule has 1 aromatic heterocycles. The highest BCUT2D eigenvalue weighted by Gasteiger charge is 2.13. The van der Waals surface area contributed by atoms with Crippen LogP contribution in [0.2, 0.25) is 0 Å². The maximum atomic E-state index is 10.6. The fourth-order valence-electron chi connectivity index (χ4n) is 1.00. The molecule has 0 bridgehead atoms. The van der Waals surface area contributed by atoms with Gasteiger partial charge in [-0.3, -0.25) is 0 Å². The Morgan fingerprint density at radius 2 is 2.29 bits per heavy atom. The third kappa shape index (κ3) is 1.98. The van der Waals surface area contributed by atoms with Crippen LogP contribution in [-0.2, 0) is 0 Å². The van der Waals surface area contributed by atoms with Crippen LogP contribution in [-0.4, -0.2) is 27.8 Å². The van der Waals surface area contributed by atoms with Crippen molar-refractivity contribution in [3.05, 3.63) is 23.4 Å². The number of pyridine rings is 1. The Bertz CT molecular complexity index is 354. The van der Waals surface area contributed by atoms with Crippen molar-refractivity contribution in [3.8, 4) is 0 Å². The lowest BCUT2D eigenvalue weighted by Gasteiger charge is -2.10. The molecule has 1 atom stereocenters. The Morgan fingerprint density at radius 3 is 2.79 bits per heavy atom. The molecule has 1 aromatic rings. The second-order valence-corrected chi connectivity index (χ2v) is 2.79. The molecule has 1 unspecified atom stereocenters. The van der Waals surface area contributed by atoms with E-state index in [9.17, 15) is 4.79 Å². The van der Waals surface area contributed by atoms with Gasteiger partial charge in [0, 0.05) is 11.8 Å². The summed E-state index contributed by atoms with van der Waals surface area (Å²) in [4.78, 5) is 14.3. The minimum atomic E-state index is -1.11. The fourth-order valence-corrected chi connectivity index (χ4v) is 1.00. The standard InChI is InChI=1S/C8H11N3O3/c9-6(3-12)5-1-4(8(13)14)2-11-7(5)10/h1-2,6,12H,3,9H2,(H2,10,11)(H,13,14). The van der Waals surface area contributed by atoms with E-state index in [4.69, 9.17) is 21.7 Å². The number of hydrogen-bond donors (Lipinski definition) is 4. The largest absolute Gasteiger partial charge is 0.478 e. The summed E-state index contributed by atoms with van der Waals surface area (Å²) in [7, 11) is 0. The van der Waals surface area contributed by atoms with Crippen molar-refractivity contribution in [2.75, 3.05) is 12.3 Å². The molecule has 0 aliphatic heterocycles. The molecule has 14 heavy (non-hydrogen) atoms. The Balaban J connectivity index is 3.14. The van der Waals surface area contributed by atoms with Crippen LogP contribution in [0.15, 0.2) is 12.3 Å². The van der Waals surface area contributed by atoms with Crippen LogP contribution in [0.1, 0.15) is 22.0 Å². The maximum Gasteiger partial charge on any atom is 0.337 e. The number of carboxylic acid groups (broad SMARTS) is 1. The number of nitrogens with zero attached hydrogens (tertiary/aromatic N) is 1. The molecule has 0 saturated carbocycles. The van der Waals surface area contributed by atoms with Gasteiger partial charge in [-0.1, -0.05) is 0 Å². The van der Waals surface area contributed by atoms with Gasteiger partial charge in [-0.2, -0.15) is 0 Å². The minimum Gasteiger partial charge on any atom is -0.478 e. The second-order valence-electron chi connectivity index (χ2n) is 2.79. The van der Waals surface area contributed by atoms with Crippen LogP contribution in [0.3, 0.4) is 0 Å². The average Bonchev–Trinajstić information content (AvgIpc) is 2.17. The monoisotopic (exact) mass is 197 g/mol. The van der Waals surface area contributed by atoms with Gasteiger partial charge in [-0.15, -0.1) is 0 Å². The van der Waals surface area contributed by atoms with Crippen molar-refractivity contribution in [3.63, 3.8) is 0 Å². The van der Waals surface area contributed by atoms with Crippen molar-refractivity contribution in [1.29, 1.82) is 0 Å². The molecule has 6 N–H and O–H groups in total. The molecule has 0 spiro atoms. The summed E-state index contributed by atoms with van der Waals surface area (Å²) >= 11 is 0. The zero-order valence-electron chi connectivity index (χ0n) is 7.34. The van der Waals surface area contributed by atoms with Crippen LogP contribution in [0.5, 0.6) is 0 Å². The van der Waals surface area contributed by atoms with Crippen LogP contribution >= 0.6 is 0 Å². The van der Waals surface area contributed by atoms with Gasteiger partial charge >= 0.3 is 5.97 Å². The lowest BCUT2D eigenvalue weighted by Crippen LogP contribution is -2.18. The molecule has 0 aromatic carbocycles. The Labute approximate surface area is 80.2 Å². The first-order valence-corrected chi connectivity index (χ1v) is 3.91. The van der Waals surface area contributed by atoms with E-state index in [1.165, 1.54) is 6.07 Å². The number of anilines is 1. The number of aliphatic hydroxyl groups is 1. The SMILES string of the molecule is Nc1ncc(C(=O)O)cc1C(N)CO. The summed E-state index contributed by atoms with van der Waals surface area (Å²) in [5.74, 6) is -0.972. The van der Waals surface area contributed by atoms with E-state index >= 15 is 0 Å². The summed E-state index contributed by atoms with van der Waals surface area (Å²) in [5.41, 5.74) is 11.3. The molecule has 0 fully saturated rings. The molecule has 0 saturated heterocycles. The van der Waals surface area contributed by atoms with Crippen molar-refractivity contribution in [1.82, 2.24) is 4.98 Å². The van der Waals surface area contributed by atoms with Crippen molar-refractivity contribution >= 4 is 11.8 Å². The molecule has 1 heterocycles. The molecular weight excluding hydrogens is 186 g/mol. The summed E-state index contributed by atoms with van der Waals surface area (Å²) in [6, 6.07) is 0.604. The van der Waals surface area contributed by atoms with Crippen LogP contribution in [0.25, 0.3) is 0 Å². The highest BCUT2D eigenvalue weighted by atomic mass is 16.4. The van der Waals surface area contributed by atoms with Crippen LogP contribution in [0, 0.1) is 0 Å². The number of aromatic carboxylic acids is 1. The molecule has 0 aliphatic rings. The highest BCUT2D eigenvalue weighted by Crippen LogP contribution is 2.17. The molecular formula is C8H11N3O3. The molecule has 0 radical (unpaired) electrons. The van der Waals surface area contributed by atoms with E-state index in [0.717, 1.165) is 6.20 Å². The Kier molecular flexibility index (Phi) is 3.00. The molecule has 76 valence electrons. The predicted molar refractivity (Wildman–Crippen MR) is 49.6 cm³/mol. The number of aliphatic hydroxyl groups excluding tert-OH is 1. The molecule has 6 heteroatoms. The number of aromatic nitrogens is 1. The first-order chi connectivity index (χ1) is 6.56. The quantitative estimate of drug-likeness (QED) is 0.511. The van der Waals surface area contributed by atoms with E-state index in [2.05, 4.69) is 4.98 Å². The lowest BCUT2D eigenvalue weighted by atomic mass is 10.1. The predicted octanol–water partition coefficient (Wildman–Crippen LogP) is -0.646. The molecule has 1 rings (SSSR count). The van der Waals surface area contributed by atoms with Gasteiger partial charge in [0.1, 0.15) is 5.82 Å². The van der Waals surface area contributed by atoms with E-state index < -0.39 is 12.0 Å². The van der Waals surface area contributed by atoms with Crippen LogP contribution < -0.4 is 11.5 Å². The lowest BCUT2D eigenvalue weighted by molar-refractivity contribution is 0.0696. The number of carbonyl (C=O) groups is 1. The first kappa shape index (κ1) is 10.4. The van der Waals surface area contributed by atoms with Crippen molar-refractivity contribution in [2.24, 2.45) is 5.73 Å². The Hall–Kier alpha value is -1.66. The van der Waals surface area contributed by atoms with E-state index in [1.54, 1.807) is 0 Å². The number of rotatable bonds is 3. The zero-order chi connectivity index (χ0) is 10.7. The minimum absolute atomic E-state index is 0.00176. The molecule has 0 amide bonds. The van der Waals surface area contributed by atoms with Gasteiger partial charge in [0.2, 0.25) is 0 Å². The van der Waals surface area contributed by atoms with E-state index in [1.807, 2.05) is 0 Å². The third-order valence-electron chi connectivity index (χ3n) is 1.79. The van der Waals surface area contributed by atoms with Gasteiger partial charge in [0.25, 0.3) is 0 Å². The second kappa shape index (κ2) is 4.03. The van der Waals surface area contributed by atoms with E-state index in [0.29, 0.717) is 5.56 Å². The van der Waals surface area contributed by atoms with Crippen molar-refractivity contribution in [2.45, 2.75) is 6.04 Å². The van der Waals surface area contributed by atoms with Gasteiger partial charge in [0.05, 0.1) is 18.2 Å². The number of nitrogen functional groups attached to an aromatic ring is 1. The summed E-state index contributed by atoms with van der Waals surface area (Å²) in [6.07, 6.45) is 1.14. The van der Waals surface area contributed by atoms with E-state index in [-0.39, 0.29) is 18.0 Å². The number of nitrogens with two attached hydrogens (primary N) is 2. The van der Waals surface area contributed by atoms with Crippen LogP contribution in [0.4, 0.5) is 5.82 Å². The Morgan fingerprint density at radius 1 is 1.64 bits per heavy atom. The molecule has 6 nitrogen and oxygen atoms in total. The third-order valence-corrected chi connectivity index (χ3v) is 1.79. The number of hydrogen-bond acceptors (Lipinski definition) is 5. The zero-order valence-corrected chi connectivity index (χ0v) is 7.34. The smallest absolute Gasteiger partial charge is 0.337 e. The summed E-state index contributed by atoms with van der Waals surface area (Å²) < 4.78 is 0. The van der Waals surface area contributed by atoms with Gasteiger partial charge < -0.3 is 21.7 Å². The first-order valence-electron chi connectivity index (χ1n) is 3.91.